The van der Waals surface area contributed by atoms with Crippen LogP contribution in [0.2, 0.25) is 0 Å². The van der Waals surface area contributed by atoms with Crippen molar-refractivity contribution in [2.24, 2.45) is 12.0 Å². The summed E-state index contributed by atoms with van der Waals surface area (Å²) in [6.07, 6.45) is 5.08. The van der Waals surface area contributed by atoms with Crippen LogP contribution in [0.15, 0.2) is 52.7 Å². The third-order valence-corrected chi connectivity index (χ3v) is 4.60. The van der Waals surface area contributed by atoms with E-state index < -0.39 is 35.2 Å². The highest BCUT2D eigenvalue weighted by molar-refractivity contribution is 6.13. The molecule has 0 saturated heterocycles. The predicted octanol–water partition coefficient (Wildman–Crippen LogP) is 4.73. The van der Waals surface area contributed by atoms with E-state index >= 15 is 0 Å². The van der Waals surface area contributed by atoms with E-state index in [4.69, 9.17) is 0 Å². The molecule has 167 valence electrons. The molecule has 1 N–H and O–H groups in total. The first kappa shape index (κ1) is 23.2. The molecule has 0 fully saturated rings. The van der Waals surface area contributed by atoms with Gasteiger partial charge in [-0.25, -0.2) is 13.8 Å². The van der Waals surface area contributed by atoms with Crippen LogP contribution in [0.5, 0.6) is 0 Å². The molecule has 1 aliphatic rings. The molecule has 5 nitrogen and oxygen atoms in total. The highest BCUT2D eigenvalue weighted by Gasteiger charge is 2.31. The van der Waals surface area contributed by atoms with Crippen molar-refractivity contribution >= 4 is 17.3 Å². The predicted molar refractivity (Wildman–Crippen MR) is 113 cm³/mol. The van der Waals surface area contributed by atoms with Crippen molar-refractivity contribution in [3.63, 3.8) is 0 Å². The van der Waals surface area contributed by atoms with Crippen molar-refractivity contribution in [1.29, 1.82) is 0 Å². The van der Waals surface area contributed by atoms with Gasteiger partial charge in [0.15, 0.2) is 0 Å². The minimum atomic E-state index is -3.19. The molecule has 0 aliphatic heterocycles. The minimum absolute atomic E-state index is 0.0436. The van der Waals surface area contributed by atoms with Crippen LogP contribution in [0.3, 0.4) is 0 Å². The van der Waals surface area contributed by atoms with Gasteiger partial charge < -0.3 is 5.32 Å². The van der Waals surface area contributed by atoms with Crippen molar-refractivity contribution in [2.75, 3.05) is 0 Å². The molecule has 3 rings (SSSR count). The Kier molecular flexibility index (Phi) is 6.50. The fourth-order valence-electron chi connectivity index (χ4n) is 2.98. The summed E-state index contributed by atoms with van der Waals surface area (Å²) in [7, 11) is 1.40. The van der Waals surface area contributed by atoms with E-state index in [0.717, 1.165) is 34.5 Å². The fraction of sp³-hybridized carbons (Fsp3) is 0.261. The quantitative estimate of drug-likeness (QED) is 0.381. The van der Waals surface area contributed by atoms with Gasteiger partial charge in [0.2, 0.25) is 0 Å². The Labute approximate surface area is 182 Å². The van der Waals surface area contributed by atoms with Gasteiger partial charge in [0.05, 0.1) is 11.8 Å². The molecule has 0 unspecified atom stereocenters. The zero-order valence-electron chi connectivity index (χ0n) is 17.9. The number of alkyl halides is 2. The van der Waals surface area contributed by atoms with E-state index in [1.165, 1.54) is 7.05 Å². The number of aromatic nitrogens is 2. The SMILES string of the molecule is CC=C=C(N=C(C1=C[CH]1)[C@H](C)NC(=O)c1cc(C(C)(F)F)nn1C)c1cc(F)cc(F)c1. The van der Waals surface area contributed by atoms with Gasteiger partial charge in [-0.1, -0.05) is 11.8 Å². The number of amides is 1. The number of benzene rings is 1. The van der Waals surface area contributed by atoms with Gasteiger partial charge in [-0.05, 0) is 43.7 Å². The zero-order chi connectivity index (χ0) is 23.6. The summed E-state index contributed by atoms with van der Waals surface area (Å²) in [6, 6.07) is 3.39. The highest BCUT2D eigenvalue weighted by atomic mass is 19.3. The lowest BCUT2D eigenvalue weighted by Gasteiger charge is -2.16. The van der Waals surface area contributed by atoms with Gasteiger partial charge in [0.1, 0.15) is 28.7 Å². The number of hydrogen-bond donors (Lipinski definition) is 1. The first-order valence-electron chi connectivity index (χ1n) is 9.74. The van der Waals surface area contributed by atoms with Gasteiger partial charge in [0.25, 0.3) is 11.8 Å². The molecule has 0 spiro atoms. The number of halogens is 4. The summed E-state index contributed by atoms with van der Waals surface area (Å²) < 4.78 is 55.6. The number of nitrogens with one attached hydrogen (secondary N) is 1. The molecule has 1 atom stereocenters. The maximum atomic E-state index is 13.7. The van der Waals surface area contributed by atoms with Crippen LogP contribution >= 0.6 is 0 Å². The van der Waals surface area contributed by atoms with Crippen molar-refractivity contribution in [1.82, 2.24) is 15.1 Å². The fourth-order valence-corrected chi connectivity index (χ4v) is 2.98. The van der Waals surface area contributed by atoms with Crippen molar-refractivity contribution in [2.45, 2.75) is 32.7 Å². The molecule has 1 amide bonds. The smallest absolute Gasteiger partial charge is 0.288 e. The Balaban J connectivity index is 1.91. The highest BCUT2D eigenvalue weighted by Crippen LogP contribution is 2.27. The van der Waals surface area contributed by atoms with Crippen molar-refractivity contribution in [3.05, 3.63) is 82.7 Å². The normalized spacial score (nSPS) is 14.4. The largest absolute Gasteiger partial charge is 0.343 e. The van der Waals surface area contributed by atoms with Crippen LogP contribution in [-0.4, -0.2) is 27.4 Å². The van der Waals surface area contributed by atoms with Crippen LogP contribution in [0.4, 0.5) is 17.6 Å². The second-order valence-electron chi connectivity index (χ2n) is 7.35. The van der Waals surface area contributed by atoms with Crippen LogP contribution in [0, 0.1) is 18.1 Å². The van der Waals surface area contributed by atoms with E-state index in [9.17, 15) is 22.4 Å². The molecule has 0 bridgehead atoms. The van der Waals surface area contributed by atoms with Gasteiger partial charge in [-0.2, -0.15) is 13.9 Å². The molecule has 32 heavy (non-hydrogen) atoms. The molecular formula is C23H21F4N4O. The maximum absolute atomic E-state index is 13.7. The first-order valence-corrected chi connectivity index (χ1v) is 9.74. The first-order chi connectivity index (χ1) is 15.0. The molecule has 1 radical (unpaired) electrons. The molecule has 0 saturated carbocycles. The summed E-state index contributed by atoms with van der Waals surface area (Å²) in [5, 5.41) is 6.41. The number of aryl methyl sites for hydroxylation is 1. The van der Waals surface area contributed by atoms with E-state index in [0.29, 0.717) is 12.6 Å². The molecule has 2 aromatic rings. The lowest BCUT2D eigenvalue weighted by molar-refractivity contribution is 0.0122. The second kappa shape index (κ2) is 8.96. The summed E-state index contributed by atoms with van der Waals surface area (Å²) >= 11 is 0. The molecule has 9 heteroatoms. The summed E-state index contributed by atoms with van der Waals surface area (Å²) in [4.78, 5) is 17.2. The minimum Gasteiger partial charge on any atom is -0.343 e. The van der Waals surface area contributed by atoms with E-state index in [1.807, 2.05) is 0 Å². The maximum Gasteiger partial charge on any atom is 0.288 e. The Morgan fingerprint density at radius 2 is 1.88 bits per heavy atom. The number of carbonyl (C=O) groups is 1. The number of allylic oxidation sites excluding steroid dienone is 2. The van der Waals surface area contributed by atoms with Crippen LogP contribution < -0.4 is 5.32 Å². The number of aliphatic imine (C=N–C) groups is 1. The number of rotatable bonds is 7. The number of carbonyl (C=O) groups excluding carboxylic acids is 1. The third kappa shape index (κ3) is 5.42. The van der Waals surface area contributed by atoms with Crippen LogP contribution in [-0.2, 0) is 13.0 Å². The van der Waals surface area contributed by atoms with Crippen LogP contribution in [0.25, 0.3) is 5.70 Å². The Morgan fingerprint density at radius 3 is 2.38 bits per heavy atom. The third-order valence-electron chi connectivity index (χ3n) is 4.60. The van der Waals surface area contributed by atoms with Crippen molar-refractivity contribution in [3.8, 4) is 0 Å². The van der Waals surface area contributed by atoms with Gasteiger partial charge in [0, 0.05) is 32.0 Å². The average Bonchev–Trinajstić information content (AvgIpc) is 3.43. The van der Waals surface area contributed by atoms with Crippen molar-refractivity contribution < 1.29 is 22.4 Å². The molecule has 1 aromatic heterocycles. The number of nitrogens with zero attached hydrogens (tertiary/aromatic N) is 3. The van der Waals surface area contributed by atoms with E-state index in [-0.39, 0.29) is 17.0 Å². The molecule has 1 heterocycles. The second-order valence-corrected chi connectivity index (χ2v) is 7.35. The lowest BCUT2D eigenvalue weighted by atomic mass is 10.1. The summed E-state index contributed by atoms with van der Waals surface area (Å²) in [5.74, 6) is -5.32. The average molecular weight is 445 g/mol. The molecule has 1 aliphatic carbocycles. The van der Waals surface area contributed by atoms with Gasteiger partial charge >= 0.3 is 0 Å². The van der Waals surface area contributed by atoms with E-state index in [1.54, 1.807) is 32.4 Å². The van der Waals surface area contributed by atoms with E-state index in [2.05, 4.69) is 21.1 Å². The van der Waals surface area contributed by atoms with Crippen LogP contribution in [0.1, 0.15) is 42.5 Å². The van der Waals surface area contributed by atoms with Gasteiger partial charge in [-0.15, -0.1) is 0 Å². The topological polar surface area (TPSA) is 59.3 Å². The Morgan fingerprint density at radius 1 is 1.25 bits per heavy atom. The Hall–Kier alpha value is -3.45. The summed E-state index contributed by atoms with van der Waals surface area (Å²) in [5.41, 5.74) is 3.81. The number of hydrogen-bond acceptors (Lipinski definition) is 3. The lowest BCUT2D eigenvalue weighted by Crippen LogP contribution is -2.39. The zero-order valence-corrected chi connectivity index (χ0v) is 17.9. The molecular weight excluding hydrogens is 424 g/mol. The monoisotopic (exact) mass is 445 g/mol. The summed E-state index contributed by atoms with van der Waals surface area (Å²) in [6.45, 7) is 4.04. The van der Waals surface area contributed by atoms with Gasteiger partial charge in [-0.3, -0.25) is 9.48 Å². The Bertz CT molecular complexity index is 1160. The standard InChI is InChI=1S/C23H21F4N4O/c1-5-6-18(15-9-16(24)11-17(25)10-15)29-21(14-7-8-14)13(2)28-22(32)19-12-20(23(3,26)27)30-31(19)4/h5,7-13H,1-4H3,(H,28,32)/t6?,13-/m0/s1. The molecule has 1 aromatic carbocycles.